The third-order valence-electron chi connectivity index (χ3n) is 4.78. The third kappa shape index (κ3) is 4.48. The lowest BCUT2D eigenvalue weighted by Crippen LogP contribution is -2.51. The first kappa shape index (κ1) is 20.5. The monoisotopic (exact) mass is 384 g/mol. The average Bonchev–Trinajstić information content (AvgIpc) is 2.60. The van der Waals surface area contributed by atoms with E-state index in [1.807, 2.05) is 26.0 Å². The van der Waals surface area contributed by atoms with Crippen LogP contribution >= 0.6 is 0 Å². The number of hydrogen-bond acceptors (Lipinski definition) is 5. The molecule has 1 amide bonds. The van der Waals surface area contributed by atoms with Crippen LogP contribution in [0.4, 0.5) is 0 Å². The van der Waals surface area contributed by atoms with E-state index < -0.39 is 16.1 Å². The Morgan fingerprint density at radius 2 is 1.85 bits per heavy atom. The minimum atomic E-state index is -3.41. The summed E-state index contributed by atoms with van der Waals surface area (Å²) in [6.45, 7) is 4.20. The van der Waals surface area contributed by atoms with E-state index >= 15 is 0 Å². The minimum absolute atomic E-state index is 0.267. The Labute approximate surface area is 155 Å². The first-order valence-corrected chi connectivity index (χ1v) is 10.5. The number of amides is 1. The van der Waals surface area contributed by atoms with Gasteiger partial charge >= 0.3 is 0 Å². The lowest BCUT2D eigenvalue weighted by atomic mass is 9.99. The topological polar surface area (TPSA) is 84.9 Å². The van der Waals surface area contributed by atoms with Gasteiger partial charge in [0.15, 0.2) is 11.5 Å². The van der Waals surface area contributed by atoms with Crippen molar-refractivity contribution in [1.29, 1.82) is 0 Å². The predicted octanol–water partition coefficient (Wildman–Crippen LogP) is 2.00. The second-order valence-corrected chi connectivity index (χ2v) is 8.61. The quantitative estimate of drug-likeness (QED) is 0.811. The Kier molecular flexibility index (Phi) is 6.52. The summed E-state index contributed by atoms with van der Waals surface area (Å²) >= 11 is 0. The van der Waals surface area contributed by atoms with Gasteiger partial charge in [-0.15, -0.1) is 0 Å². The van der Waals surface area contributed by atoms with E-state index in [0.29, 0.717) is 24.5 Å². The van der Waals surface area contributed by atoms with Gasteiger partial charge in [0, 0.05) is 6.54 Å². The van der Waals surface area contributed by atoms with Crippen molar-refractivity contribution in [3.05, 3.63) is 23.3 Å². The Balaban J connectivity index is 2.21. The Morgan fingerprint density at radius 1 is 1.23 bits per heavy atom. The molecule has 1 fully saturated rings. The maximum Gasteiger partial charge on any atom is 0.238 e. The zero-order valence-corrected chi connectivity index (χ0v) is 16.9. The molecule has 2 rings (SSSR count). The van der Waals surface area contributed by atoms with Crippen molar-refractivity contribution in [3.63, 3.8) is 0 Å². The molecule has 0 aliphatic carbocycles. The smallest absolute Gasteiger partial charge is 0.238 e. The molecule has 1 saturated heterocycles. The summed E-state index contributed by atoms with van der Waals surface area (Å²) in [5, 5.41) is 2.96. The van der Waals surface area contributed by atoms with Crippen molar-refractivity contribution in [2.45, 2.75) is 45.2 Å². The first-order valence-electron chi connectivity index (χ1n) is 8.68. The summed E-state index contributed by atoms with van der Waals surface area (Å²) in [7, 11) is -0.276. The number of nitrogens with one attached hydrogen (secondary N) is 1. The molecule has 1 aliphatic rings. The number of aryl methyl sites for hydroxylation is 1. The highest BCUT2D eigenvalue weighted by Crippen LogP contribution is 2.33. The van der Waals surface area contributed by atoms with Gasteiger partial charge in [-0.25, -0.2) is 8.42 Å². The summed E-state index contributed by atoms with van der Waals surface area (Å²) in [6, 6.07) is 2.77. The zero-order valence-electron chi connectivity index (χ0n) is 16.0. The Morgan fingerprint density at radius 3 is 2.42 bits per heavy atom. The average molecular weight is 384 g/mol. The van der Waals surface area contributed by atoms with Crippen molar-refractivity contribution < 1.29 is 22.7 Å². The molecule has 2 atom stereocenters. The molecule has 0 unspecified atom stereocenters. The zero-order chi connectivity index (χ0) is 19.5. The second kappa shape index (κ2) is 8.26. The number of nitrogens with zero attached hydrogens (tertiary/aromatic N) is 1. The molecule has 1 N–H and O–H groups in total. The van der Waals surface area contributed by atoms with Crippen LogP contribution in [0.15, 0.2) is 12.1 Å². The summed E-state index contributed by atoms with van der Waals surface area (Å²) in [5.41, 5.74) is 1.86. The van der Waals surface area contributed by atoms with E-state index in [1.165, 1.54) is 4.31 Å². The van der Waals surface area contributed by atoms with Gasteiger partial charge in [-0.1, -0.05) is 6.42 Å². The number of rotatable bonds is 6. The van der Waals surface area contributed by atoms with E-state index in [4.69, 9.17) is 9.47 Å². The molecule has 0 aromatic heterocycles. The molecule has 0 radical (unpaired) electrons. The van der Waals surface area contributed by atoms with E-state index in [-0.39, 0.29) is 11.9 Å². The van der Waals surface area contributed by atoms with Gasteiger partial charge in [-0.05, 0) is 49.9 Å². The van der Waals surface area contributed by atoms with Gasteiger partial charge in [-0.2, -0.15) is 4.31 Å². The molecular weight excluding hydrogens is 356 g/mol. The van der Waals surface area contributed by atoms with Crippen molar-refractivity contribution in [3.8, 4) is 11.5 Å². The van der Waals surface area contributed by atoms with E-state index in [2.05, 4.69) is 5.32 Å². The highest BCUT2D eigenvalue weighted by molar-refractivity contribution is 7.88. The molecule has 1 aliphatic heterocycles. The van der Waals surface area contributed by atoms with Crippen molar-refractivity contribution in [1.82, 2.24) is 9.62 Å². The Bertz CT molecular complexity index is 763. The van der Waals surface area contributed by atoms with E-state index in [0.717, 1.165) is 30.2 Å². The maximum absolute atomic E-state index is 12.8. The number of piperidine rings is 1. The van der Waals surface area contributed by atoms with Crippen LogP contribution in [0.25, 0.3) is 0 Å². The number of carbonyl (C=O) groups is 1. The number of hydrogen-bond donors (Lipinski definition) is 1. The fourth-order valence-corrected chi connectivity index (χ4v) is 4.54. The molecule has 0 bridgehead atoms. The van der Waals surface area contributed by atoms with Crippen LogP contribution in [0.3, 0.4) is 0 Å². The Hall–Kier alpha value is -1.80. The molecule has 0 spiro atoms. The summed E-state index contributed by atoms with van der Waals surface area (Å²) < 4.78 is 35.9. The van der Waals surface area contributed by atoms with Crippen LogP contribution in [0.1, 0.15) is 43.4 Å². The normalized spacial score (nSPS) is 19.7. The fraction of sp³-hybridized carbons (Fsp3) is 0.611. The highest BCUT2D eigenvalue weighted by atomic mass is 32.2. The molecule has 146 valence electrons. The second-order valence-electron chi connectivity index (χ2n) is 6.68. The van der Waals surface area contributed by atoms with E-state index in [9.17, 15) is 13.2 Å². The third-order valence-corrected chi connectivity index (χ3v) is 6.07. The summed E-state index contributed by atoms with van der Waals surface area (Å²) in [4.78, 5) is 12.8. The lowest BCUT2D eigenvalue weighted by molar-refractivity contribution is -0.126. The molecule has 1 aromatic rings. The summed E-state index contributed by atoms with van der Waals surface area (Å²) in [6.07, 6.45) is 3.31. The van der Waals surface area contributed by atoms with Crippen LogP contribution < -0.4 is 14.8 Å². The largest absolute Gasteiger partial charge is 0.493 e. The van der Waals surface area contributed by atoms with Gasteiger partial charge in [0.2, 0.25) is 15.9 Å². The number of sulfonamides is 1. The SMILES string of the molecule is COc1cc(C)c([C@H](C)NC(=O)[C@@H]2CCCCN2S(C)(=O)=O)cc1OC. The number of carbonyl (C=O) groups excluding carboxylic acids is 1. The van der Waals surface area contributed by atoms with Crippen LogP contribution in [0.5, 0.6) is 11.5 Å². The molecule has 1 heterocycles. The molecule has 1 aromatic carbocycles. The molecule has 8 heteroatoms. The predicted molar refractivity (Wildman–Crippen MR) is 100 cm³/mol. The molecule has 7 nitrogen and oxygen atoms in total. The van der Waals surface area contributed by atoms with Crippen molar-refractivity contribution >= 4 is 15.9 Å². The number of ether oxygens (including phenoxy) is 2. The van der Waals surface area contributed by atoms with Gasteiger partial charge < -0.3 is 14.8 Å². The number of methoxy groups -OCH3 is 2. The number of benzene rings is 1. The highest BCUT2D eigenvalue weighted by Gasteiger charge is 2.35. The van der Waals surface area contributed by atoms with Gasteiger partial charge in [0.05, 0.1) is 26.5 Å². The maximum atomic E-state index is 12.8. The van der Waals surface area contributed by atoms with Crippen molar-refractivity contribution in [2.75, 3.05) is 27.0 Å². The van der Waals surface area contributed by atoms with Crippen LogP contribution in [-0.4, -0.2) is 51.7 Å². The molecule has 0 saturated carbocycles. The van der Waals surface area contributed by atoms with Crippen LogP contribution in [0, 0.1) is 6.92 Å². The van der Waals surface area contributed by atoms with E-state index in [1.54, 1.807) is 14.2 Å². The van der Waals surface area contributed by atoms with Crippen LogP contribution in [0.2, 0.25) is 0 Å². The standard InChI is InChI=1S/C18H28N2O5S/c1-12-10-16(24-3)17(25-4)11-14(12)13(2)19-18(21)15-8-6-7-9-20(15)26(5,22)23/h10-11,13,15H,6-9H2,1-5H3,(H,19,21)/t13-,15-/m0/s1. The van der Waals surface area contributed by atoms with Gasteiger partial charge in [-0.3, -0.25) is 4.79 Å². The van der Waals surface area contributed by atoms with Crippen molar-refractivity contribution in [2.24, 2.45) is 0 Å². The fourth-order valence-electron chi connectivity index (χ4n) is 3.41. The minimum Gasteiger partial charge on any atom is -0.493 e. The molecule has 26 heavy (non-hydrogen) atoms. The first-order chi connectivity index (χ1) is 12.2. The van der Waals surface area contributed by atoms with Gasteiger partial charge in [0.25, 0.3) is 0 Å². The summed E-state index contributed by atoms with van der Waals surface area (Å²) in [5.74, 6) is 0.948. The van der Waals surface area contributed by atoms with Gasteiger partial charge in [0.1, 0.15) is 6.04 Å². The molecular formula is C18H28N2O5S. The van der Waals surface area contributed by atoms with Crippen LogP contribution in [-0.2, 0) is 14.8 Å². The lowest BCUT2D eigenvalue weighted by Gasteiger charge is -2.33.